The molecule has 0 atom stereocenters. The minimum absolute atomic E-state index is 0.0961. The van der Waals surface area contributed by atoms with Crippen LogP contribution in [-0.2, 0) is 6.61 Å². The number of halogens is 1. The Morgan fingerprint density at radius 3 is 2.88 bits per heavy atom. The van der Waals surface area contributed by atoms with E-state index in [0.717, 1.165) is 28.9 Å². The molecule has 1 heterocycles. The van der Waals surface area contributed by atoms with Gasteiger partial charge in [-0.05, 0) is 32.0 Å². The summed E-state index contributed by atoms with van der Waals surface area (Å²) >= 11 is 5.47. The number of hydrogen-bond acceptors (Lipinski definition) is 3. The maximum atomic E-state index is 9.45. The third-order valence-electron chi connectivity index (χ3n) is 2.98. The fourth-order valence-electron chi connectivity index (χ4n) is 2.21. The van der Waals surface area contributed by atoms with Gasteiger partial charge in [-0.25, -0.2) is 0 Å². The van der Waals surface area contributed by atoms with Crippen LogP contribution in [0.25, 0.3) is 0 Å². The minimum Gasteiger partial charge on any atom is -0.392 e. The maximum Gasteiger partial charge on any atom is 0.0702 e. The number of nitrogens with zero attached hydrogens (tertiary/aromatic N) is 1. The van der Waals surface area contributed by atoms with Gasteiger partial charge in [0.1, 0.15) is 0 Å². The fourth-order valence-corrected chi connectivity index (χ4v) is 3.73. The van der Waals surface area contributed by atoms with Crippen molar-refractivity contribution in [1.29, 1.82) is 0 Å². The minimum atomic E-state index is 0.0961. The van der Waals surface area contributed by atoms with E-state index in [0.29, 0.717) is 0 Å². The average molecular weight is 316 g/mol. The predicted molar refractivity (Wildman–Crippen MR) is 78.8 cm³/mol. The number of hydrogen-bond donors (Lipinski definition) is 1. The van der Waals surface area contributed by atoms with Crippen LogP contribution in [0.1, 0.15) is 19.4 Å². The van der Waals surface area contributed by atoms with Crippen LogP contribution in [-0.4, -0.2) is 28.7 Å². The molecule has 0 amide bonds. The second-order valence-corrected chi connectivity index (χ2v) is 7.68. The molecular weight excluding hydrogens is 298 g/mol. The Kier molecular flexibility index (Phi) is 4.06. The van der Waals surface area contributed by atoms with Crippen LogP contribution < -0.4 is 4.90 Å². The lowest BCUT2D eigenvalue weighted by molar-refractivity contribution is 0.282. The summed E-state index contributed by atoms with van der Waals surface area (Å²) in [6, 6.07) is 6.15. The molecule has 1 aromatic rings. The Hall–Kier alpha value is -0.190. The van der Waals surface area contributed by atoms with E-state index in [2.05, 4.69) is 40.7 Å². The van der Waals surface area contributed by atoms with Gasteiger partial charge in [0.25, 0.3) is 0 Å². The molecule has 1 aliphatic heterocycles. The molecular formula is C13H18BrNOS. The third kappa shape index (κ3) is 3.18. The highest BCUT2D eigenvalue weighted by molar-refractivity contribution is 9.10. The molecule has 1 saturated heterocycles. The highest BCUT2D eigenvalue weighted by Gasteiger charge is 2.27. The lowest BCUT2D eigenvalue weighted by Crippen LogP contribution is -2.43. The van der Waals surface area contributed by atoms with Gasteiger partial charge in [-0.3, -0.25) is 0 Å². The Bertz CT molecular complexity index is 408. The van der Waals surface area contributed by atoms with Crippen LogP contribution in [0.2, 0.25) is 0 Å². The Morgan fingerprint density at radius 2 is 2.24 bits per heavy atom. The number of rotatable bonds is 2. The average Bonchev–Trinajstić information content (AvgIpc) is 2.27. The van der Waals surface area contributed by atoms with Gasteiger partial charge in [0.2, 0.25) is 0 Å². The van der Waals surface area contributed by atoms with Gasteiger partial charge in [-0.15, -0.1) is 0 Å². The summed E-state index contributed by atoms with van der Waals surface area (Å²) in [7, 11) is 0. The zero-order chi connectivity index (χ0) is 12.5. The maximum absolute atomic E-state index is 9.45. The van der Waals surface area contributed by atoms with Crippen LogP contribution in [0.3, 0.4) is 0 Å². The van der Waals surface area contributed by atoms with Gasteiger partial charge >= 0.3 is 0 Å². The molecule has 4 heteroatoms. The monoisotopic (exact) mass is 315 g/mol. The van der Waals surface area contributed by atoms with Crippen molar-refractivity contribution < 1.29 is 5.11 Å². The second-order valence-electron chi connectivity index (χ2n) is 4.96. The van der Waals surface area contributed by atoms with Gasteiger partial charge in [-0.2, -0.15) is 11.8 Å². The summed E-state index contributed by atoms with van der Waals surface area (Å²) in [5, 5.41) is 9.45. The number of aliphatic hydroxyl groups is 1. The van der Waals surface area contributed by atoms with Crippen molar-refractivity contribution in [3.05, 3.63) is 28.2 Å². The number of benzene rings is 1. The Morgan fingerprint density at radius 1 is 1.47 bits per heavy atom. The first-order valence-corrected chi connectivity index (χ1v) is 7.58. The molecule has 94 valence electrons. The van der Waals surface area contributed by atoms with Crippen LogP contribution in [0.5, 0.6) is 0 Å². The molecule has 0 spiro atoms. The summed E-state index contributed by atoms with van der Waals surface area (Å²) in [5.74, 6) is 1.15. The fraction of sp³-hybridized carbons (Fsp3) is 0.538. The highest BCUT2D eigenvalue weighted by atomic mass is 79.9. The molecule has 1 aromatic carbocycles. The molecule has 2 nitrogen and oxygen atoms in total. The van der Waals surface area contributed by atoms with E-state index < -0.39 is 0 Å². The molecule has 17 heavy (non-hydrogen) atoms. The summed E-state index contributed by atoms with van der Waals surface area (Å²) in [4.78, 5) is 2.38. The van der Waals surface area contributed by atoms with Crippen LogP contribution in [0.15, 0.2) is 22.7 Å². The van der Waals surface area contributed by atoms with Gasteiger partial charge < -0.3 is 10.0 Å². The number of thioether (sulfide) groups is 1. The lowest BCUT2D eigenvalue weighted by atomic mass is 10.1. The van der Waals surface area contributed by atoms with Crippen LogP contribution >= 0.6 is 27.7 Å². The first-order valence-electron chi connectivity index (χ1n) is 5.80. The first-order chi connectivity index (χ1) is 8.02. The predicted octanol–water partition coefficient (Wildman–Crippen LogP) is 3.27. The van der Waals surface area contributed by atoms with Gasteiger partial charge in [-0.1, -0.05) is 15.9 Å². The zero-order valence-electron chi connectivity index (χ0n) is 10.2. The molecule has 0 bridgehead atoms. The third-order valence-corrected chi connectivity index (χ3v) is 4.77. The molecule has 0 radical (unpaired) electrons. The van der Waals surface area contributed by atoms with Gasteiger partial charge in [0.05, 0.1) is 6.61 Å². The van der Waals surface area contributed by atoms with Crippen molar-refractivity contribution in [2.24, 2.45) is 0 Å². The Balaban J connectivity index is 2.27. The molecule has 0 saturated carbocycles. The van der Waals surface area contributed by atoms with Crippen molar-refractivity contribution in [2.75, 3.05) is 23.7 Å². The first kappa shape index (κ1) is 13.2. The van der Waals surface area contributed by atoms with E-state index in [9.17, 15) is 5.11 Å². The van der Waals surface area contributed by atoms with E-state index in [1.807, 2.05) is 23.9 Å². The summed E-state index contributed by atoms with van der Waals surface area (Å²) in [6.45, 7) is 6.75. The quantitative estimate of drug-likeness (QED) is 0.906. The molecule has 0 aliphatic carbocycles. The number of anilines is 1. The highest BCUT2D eigenvalue weighted by Crippen LogP contribution is 2.34. The second kappa shape index (κ2) is 5.21. The van der Waals surface area contributed by atoms with Gasteiger partial charge in [0.15, 0.2) is 0 Å². The largest absolute Gasteiger partial charge is 0.392 e. The summed E-state index contributed by atoms with van der Waals surface area (Å²) < 4.78 is 1.31. The molecule has 0 unspecified atom stereocenters. The molecule has 1 fully saturated rings. The van der Waals surface area contributed by atoms with Crippen molar-refractivity contribution in [2.45, 2.75) is 25.2 Å². The van der Waals surface area contributed by atoms with Crippen LogP contribution in [0, 0.1) is 0 Å². The van der Waals surface area contributed by atoms with E-state index in [4.69, 9.17) is 0 Å². The van der Waals surface area contributed by atoms with E-state index in [-0.39, 0.29) is 11.4 Å². The van der Waals surface area contributed by atoms with E-state index in [1.165, 1.54) is 5.69 Å². The zero-order valence-corrected chi connectivity index (χ0v) is 12.6. The normalized spacial score (nSPS) is 19.4. The molecule has 0 aromatic heterocycles. The molecule has 1 aliphatic rings. The van der Waals surface area contributed by atoms with E-state index >= 15 is 0 Å². The molecule has 2 rings (SSSR count). The van der Waals surface area contributed by atoms with Crippen molar-refractivity contribution >= 4 is 33.4 Å². The Labute approximate surface area is 116 Å². The van der Waals surface area contributed by atoms with Crippen molar-refractivity contribution in [3.63, 3.8) is 0 Å². The summed E-state index contributed by atoms with van der Waals surface area (Å²) in [6.07, 6.45) is 0. The summed E-state index contributed by atoms with van der Waals surface area (Å²) in [5.41, 5.74) is 2.17. The van der Waals surface area contributed by atoms with Crippen molar-refractivity contribution in [3.8, 4) is 0 Å². The smallest absolute Gasteiger partial charge is 0.0702 e. The van der Waals surface area contributed by atoms with Gasteiger partial charge in [0, 0.05) is 39.3 Å². The van der Waals surface area contributed by atoms with Crippen molar-refractivity contribution in [1.82, 2.24) is 0 Å². The number of aliphatic hydroxyl groups excluding tert-OH is 1. The lowest BCUT2D eigenvalue weighted by Gasteiger charge is -2.39. The molecule has 1 N–H and O–H groups in total. The topological polar surface area (TPSA) is 23.5 Å². The standard InChI is InChI=1S/C13H18BrNOS/c1-13(2)9-15(5-6-17-13)12-4-3-11(14)7-10(12)8-16/h3-4,7,16H,5-6,8-9H2,1-2H3. The van der Waals surface area contributed by atoms with Crippen LogP contribution in [0.4, 0.5) is 5.69 Å². The SMILES string of the molecule is CC1(C)CN(c2ccc(Br)cc2CO)CCS1. The van der Waals surface area contributed by atoms with E-state index in [1.54, 1.807) is 0 Å².